The summed E-state index contributed by atoms with van der Waals surface area (Å²) in [7, 11) is 0. The molecular weight excluding hydrogens is 264 g/mol. The Labute approximate surface area is 124 Å². The molecule has 1 fully saturated rings. The van der Waals surface area contributed by atoms with E-state index in [9.17, 15) is 4.79 Å². The quantitative estimate of drug-likeness (QED) is 0.839. The van der Waals surface area contributed by atoms with E-state index in [1.807, 2.05) is 36.5 Å². The van der Waals surface area contributed by atoms with Crippen molar-refractivity contribution in [3.05, 3.63) is 48.3 Å². The van der Waals surface area contributed by atoms with E-state index in [4.69, 9.17) is 5.73 Å². The molecule has 1 amide bonds. The van der Waals surface area contributed by atoms with Crippen LogP contribution in [0.15, 0.2) is 42.7 Å². The molecule has 1 aromatic heterocycles. The monoisotopic (exact) mass is 284 g/mol. The number of benzene rings is 1. The van der Waals surface area contributed by atoms with Gasteiger partial charge in [-0.25, -0.2) is 4.68 Å². The molecule has 1 aliphatic rings. The number of nitrogens with two attached hydrogens (primary N) is 1. The van der Waals surface area contributed by atoms with Gasteiger partial charge in [-0.3, -0.25) is 4.79 Å². The van der Waals surface area contributed by atoms with Crippen LogP contribution in [-0.2, 0) is 11.2 Å². The highest BCUT2D eigenvalue weighted by Crippen LogP contribution is 2.31. The van der Waals surface area contributed by atoms with Crippen molar-refractivity contribution >= 4 is 5.91 Å². The molecule has 0 radical (unpaired) electrons. The molecule has 1 unspecified atom stereocenters. The number of amides is 1. The molecule has 3 N–H and O–H groups in total. The van der Waals surface area contributed by atoms with Gasteiger partial charge in [0.1, 0.15) is 0 Å². The zero-order valence-corrected chi connectivity index (χ0v) is 11.9. The summed E-state index contributed by atoms with van der Waals surface area (Å²) in [5, 5.41) is 7.08. The summed E-state index contributed by atoms with van der Waals surface area (Å²) >= 11 is 0. The van der Waals surface area contributed by atoms with Crippen LogP contribution in [0.4, 0.5) is 0 Å². The lowest BCUT2D eigenvalue weighted by molar-refractivity contribution is -0.120. The third-order valence-electron chi connectivity index (χ3n) is 3.83. The largest absolute Gasteiger partial charge is 0.354 e. The maximum Gasteiger partial charge on any atom is 0.224 e. The van der Waals surface area contributed by atoms with Gasteiger partial charge in [0, 0.05) is 25.0 Å². The molecule has 5 heteroatoms. The van der Waals surface area contributed by atoms with E-state index in [1.54, 1.807) is 10.9 Å². The molecule has 1 heterocycles. The van der Waals surface area contributed by atoms with Crippen molar-refractivity contribution in [3.63, 3.8) is 0 Å². The van der Waals surface area contributed by atoms with Gasteiger partial charge in [-0.05, 0) is 42.5 Å². The molecule has 1 atom stereocenters. The van der Waals surface area contributed by atoms with Crippen molar-refractivity contribution in [1.29, 1.82) is 0 Å². The van der Waals surface area contributed by atoms with Crippen LogP contribution in [-0.4, -0.2) is 28.3 Å². The van der Waals surface area contributed by atoms with Crippen LogP contribution in [0.25, 0.3) is 5.69 Å². The summed E-state index contributed by atoms with van der Waals surface area (Å²) in [6, 6.07) is 9.83. The maximum absolute atomic E-state index is 11.9. The number of carbonyl (C=O) groups is 1. The van der Waals surface area contributed by atoms with Crippen LogP contribution >= 0.6 is 0 Å². The molecule has 1 aromatic carbocycles. The summed E-state index contributed by atoms with van der Waals surface area (Å²) < 4.78 is 1.79. The average Bonchev–Trinajstić information content (AvgIpc) is 3.21. The number of aromatic nitrogens is 2. The molecule has 2 aromatic rings. The van der Waals surface area contributed by atoms with E-state index in [0.717, 1.165) is 11.3 Å². The first-order valence-electron chi connectivity index (χ1n) is 7.33. The zero-order valence-electron chi connectivity index (χ0n) is 11.9. The van der Waals surface area contributed by atoms with Crippen LogP contribution in [0.1, 0.15) is 18.4 Å². The summed E-state index contributed by atoms with van der Waals surface area (Å²) in [5.74, 6) is 0.636. The summed E-state index contributed by atoms with van der Waals surface area (Å²) in [5.41, 5.74) is 7.95. The maximum atomic E-state index is 11.9. The van der Waals surface area contributed by atoms with E-state index in [2.05, 4.69) is 10.4 Å². The van der Waals surface area contributed by atoms with Gasteiger partial charge in [-0.2, -0.15) is 5.10 Å². The normalized spacial score (nSPS) is 15.7. The first kappa shape index (κ1) is 13.8. The Morgan fingerprint density at radius 3 is 2.76 bits per heavy atom. The van der Waals surface area contributed by atoms with Crippen molar-refractivity contribution in [3.8, 4) is 5.69 Å². The van der Waals surface area contributed by atoms with Gasteiger partial charge in [0.05, 0.1) is 12.1 Å². The lowest BCUT2D eigenvalue weighted by Crippen LogP contribution is -2.39. The lowest BCUT2D eigenvalue weighted by Gasteiger charge is -2.11. The summed E-state index contributed by atoms with van der Waals surface area (Å²) in [4.78, 5) is 11.9. The zero-order chi connectivity index (χ0) is 14.7. The van der Waals surface area contributed by atoms with Crippen LogP contribution in [0, 0.1) is 5.92 Å². The molecule has 3 rings (SSSR count). The first-order valence-corrected chi connectivity index (χ1v) is 7.33. The average molecular weight is 284 g/mol. The van der Waals surface area contributed by atoms with E-state index >= 15 is 0 Å². The van der Waals surface area contributed by atoms with Crippen LogP contribution < -0.4 is 11.1 Å². The number of rotatable bonds is 6. The molecule has 110 valence electrons. The van der Waals surface area contributed by atoms with Crippen LogP contribution in [0.2, 0.25) is 0 Å². The molecule has 21 heavy (non-hydrogen) atoms. The Balaban J connectivity index is 1.51. The van der Waals surface area contributed by atoms with Crippen molar-refractivity contribution in [2.75, 3.05) is 6.54 Å². The highest BCUT2D eigenvalue weighted by atomic mass is 16.1. The second-order valence-electron chi connectivity index (χ2n) is 5.60. The Morgan fingerprint density at radius 1 is 1.38 bits per heavy atom. The predicted octanol–water partition coefficient (Wildman–Crippen LogP) is 1.27. The summed E-state index contributed by atoms with van der Waals surface area (Å²) in [6.45, 7) is 0.578. The number of carbonyl (C=O) groups excluding carboxylic acids is 1. The Morgan fingerprint density at radius 2 is 2.14 bits per heavy atom. The fourth-order valence-corrected chi connectivity index (χ4v) is 2.36. The number of hydrogen-bond donors (Lipinski definition) is 2. The van der Waals surface area contributed by atoms with Gasteiger partial charge in [-0.1, -0.05) is 12.1 Å². The first-order chi connectivity index (χ1) is 10.2. The predicted molar refractivity (Wildman–Crippen MR) is 81.0 cm³/mol. The Hall–Kier alpha value is -2.14. The van der Waals surface area contributed by atoms with E-state index in [-0.39, 0.29) is 11.9 Å². The van der Waals surface area contributed by atoms with Gasteiger partial charge >= 0.3 is 0 Å². The third-order valence-corrected chi connectivity index (χ3v) is 3.83. The molecule has 0 saturated heterocycles. The third kappa shape index (κ3) is 3.70. The highest BCUT2D eigenvalue weighted by Gasteiger charge is 2.28. The standard InChI is InChI=1S/C16H20N4O/c17-15(13-4-5-13)11-18-16(21)10-12-2-6-14(7-3-12)20-9-1-8-19-20/h1-3,6-9,13,15H,4-5,10-11,17H2,(H,18,21). The van der Waals surface area contributed by atoms with Gasteiger partial charge < -0.3 is 11.1 Å². The van der Waals surface area contributed by atoms with E-state index in [1.165, 1.54) is 12.8 Å². The molecular formula is C16H20N4O. The molecule has 5 nitrogen and oxygen atoms in total. The Kier molecular flexibility index (Phi) is 4.01. The van der Waals surface area contributed by atoms with Gasteiger partial charge in [-0.15, -0.1) is 0 Å². The van der Waals surface area contributed by atoms with Crippen LogP contribution in [0.3, 0.4) is 0 Å². The van der Waals surface area contributed by atoms with Gasteiger partial charge in [0.2, 0.25) is 5.91 Å². The smallest absolute Gasteiger partial charge is 0.224 e. The second kappa shape index (κ2) is 6.10. The minimum absolute atomic E-state index is 0.0259. The molecule has 1 saturated carbocycles. The fraction of sp³-hybridized carbons (Fsp3) is 0.375. The van der Waals surface area contributed by atoms with Crippen molar-refractivity contribution in [2.45, 2.75) is 25.3 Å². The van der Waals surface area contributed by atoms with Crippen LogP contribution in [0.5, 0.6) is 0 Å². The van der Waals surface area contributed by atoms with Crippen molar-refractivity contribution in [1.82, 2.24) is 15.1 Å². The number of nitrogens with zero attached hydrogens (tertiary/aromatic N) is 2. The van der Waals surface area contributed by atoms with Gasteiger partial charge in [0.15, 0.2) is 0 Å². The number of nitrogens with one attached hydrogen (secondary N) is 1. The van der Waals surface area contributed by atoms with Gasteiger partial charge in [0.25, 0.3) is 0 Å². The summed E-state index contributed by atoms with van der Waals surface area (Å²) in [6.07, 6.45) is 6.42. The second-order valence-corrected chi connectivity index (χ2v) is 5.60. The lowest BCUT2D eigenvalue weighted by atomic mass is 10.1. The SMILES string of the molecule is NC(CNC(=O)Cc1ccc(-n2cccn2)cc1)C1CC1. The van der Waals surface area contributed by atoms with E-state index < -0.39 is 0 Å². The highest BCUT2D eigenvalue weighted by molar-refractivity contribution is 5.78. The molecule has 0 spiro atoms. The Bertz CT molecular complexity index is 587. The molecule has 1 aliphatic carbocycles. The molecule has 0 bridgehead atoms. The topological polar surface area (TPSA) is 72.9 Å². The molecule has 0 aliphatic heterocycles. The van der Waals surface area contributed by atoms with E-state index in [0.29, 0.717) is 18.9 Å². The van der Waals surface area contributed by atoms with Crippen molar-refractivity contribution < 1.29 is 4.79 Å². The minimum atomic E-state index is 0.0259. The minimum Gasteiger partial charge on any atom is -0.354 e. The fourth-order valence-electron chi connectivity index (χ4n) is 2.36. The number of hydrogen-bond acceptors (Lipinski definition) is 3. The van der Waals surface area contributed by atoms with Crippen molar-refractivity contribution in [2.24, 2.45) is 11.7 Å².